The number of nitrogens with one attached hydrogen (secondary N) is 1. The molecular weight excluding hydrogens is 790 g/mol. The van der Waals surface area contributed by atoms with E-state index in [4.69, 9.17) is 28.4 Å². The molecule has 3 fully saturated rings. The van der Waals surface area contributed by atoms with E-state index in [0.29, 0.717) is 12.8 Å². The van der Waals surface area contributed by atoms with Crippen LogP contribution in [0.25, 0.3) is 0 Å². The Kier molecular flexibility index (Phi) is 15.1. The fourth-order valence-electron chi connectivity index (χ4n) is 8.93. The van der Waals surface area contributed by atoms with E-state index in [1.54, 1.807) is 76.5 Å². The maximum absolute atomic E-state index is 17.1. The van der Waals surface area contributed by atoms with Gasteiger partial charge < -0.3 is 38.6 Å². The lowest BCUT2D eigenvalue weighted by Crippen LogP contribution is -2.62. The first kappa shape index (κ1) is 47.3. The van der Waals surface area contributed by atoms with Crippen molar-refractivity contribution in [1.29, 1.82) is 0 Å². The van der Waals surface area contributed by atoms with Gasteiger partial charge in [0.2, 0.25) is 0 Å². The van der Waals surface area contributed by atoms with Crippen molar-refractivity contribution in [3.8, 4) is 11.8 Å². The zero-order valence-electron chi connectivity index (χ0n) is 36.8. The molecular formula is C46H60FN3O11. The van der Waals surface area contributed by atoms with E-state index in [1.807, 2.05) is 32.0 Å². The van der Waals surface area contributed by atoms with E-state index in [1.165, 1.54) is 13.8 Å². The largest absolute Gasteiger partial charge is 0.455 e. The van der Waals surface area contributed by atoms with Gasteiger partial charge in [0.25, 0.3) is 5.67 Å². The highest BCUT2D eigenvalue weighted by molar-refractivity contribution is 6.08. The number of alkyl carbamates (subject to hydrolysis) is 1. The normalized spacial score (nSPS) is 36.1. The Labute approximate surface area is 357 Å². The number of fused-ring (bicyclic) bond motifs is 1. The summed E-state index contributed by atoms with van der Waals surface area (Å²) in [7, 11) is 3.66. The number of likely N-dealkylation sites (N-methyl/N-ethyl adjacent to an activating group) is 1. The van der Waals surface area contributed by atoms with Crippen LogP contribution in [0.2, 0.25) is 0 Å². The summed E-state index contributed by atoms with van der Waals surface area (Å²) in [6.45, 7) is 12.0. The number of carbonyl (C=O) groups excluding carboxylic acids is 5. The van der Waals surface area contributed by atoms with Crippen LogP contribution in [0.1, 0.15) is 90.6 Å². The molecule has 2 aromatic rings. The van der Waals surface area contributed by atoms with Gasteiger partial charge in [-0.2, -0.15) is 0 Å². The molecule has 332 valence electrons. The molecule has 14 nitrogen and oxygen atoms in total. The standard InChI is InChI=1S/C46H60FN3O11/c1-11-34-46(8)37(49-43(55)61-46)29(4)35(51)27(2)25-44(6,56-23-16-15-18-31-19-17-22-48-26-31)39(30(5)38(52)45(7,47)42(54)58-34)60-41-36(33(50(9)10)24-28(3)57-41)59-40(53)32-20-13-12-14-21-32/h12-14,17,19-22,26-30,33-34,36-37,39,41H,11,18,23-25H2,1-10H3,(H,49,55)/t27-,28-,29+,30+,33+,34-,36-,37-,39-,41+,44-,45+,46-/m1/s1. The molecule has 0 saturated carbocycles. The molecule has 0 unspecified atom stereocenters. The number of aromatic nitrogens is 1. The van der Waals surface area contributed by atoms with Gasteiger partial charge in [-0.05, 0) is 84.8 Å². The molecule has 0 aliphatic carbocycles. The molecule has 15 heteroatoms. The van der Waals surface area contributed by atoms with Crippen molar-refractivity contribution < 1.29 is 56.8 Å². The molecule has 4 heterocycles. The second-order valence-electron chi connectivity index (χ2n) is 17.3. The average Bonchev–Trinajstić information content (AvgIpc) is 3.55. The third kappa shape index (κ3) is 10.5. The minimum absolute atomic E-state index is 0.0663. The van der Waals surface area contributed by atoms with E-state index >= 15 is 4.39 Å². The SMILES string of the molecule is CC[C@H]1OC(=O)[C@@](C)(F)C(=O)[C@H](C)[C@@H](O[C@@H]2O[C@H](C)C[C@H](N(C)C)[C@H]2OC(=O)c2ccccc2)[C@](C)(OCC#CCc2cccnc2)C[C@@H](C)C(=O)[C@H](C)[C@H]2NC(=O)O[C@@]21C. The third-order valence-electron chi connectivity index (χ3n) is 12.3. The number of hydrogen-bond donors (Lipinski definition) is 1. The zero-order valence-corrected chi connectivity index (χ0v) is 36.8. The van der Waals surface area contributed by atoms with Crippen LogP contribution < -0.4 is 5.32 Å². The Bertz CT molecular complexity index is 1960. The number of rotatable bonds is 9. The molecule has 3 saturated heterocycles. The summed E-state index contributed by atoms with van der Waals surface area (Å²) in [6.07, 6.45) is -2.26. The van der Waals surface area contributed by atoms with Crippen LogP contribution in [-0.2, 0) is 49.2 Å². The monoisotopic (exact) mass is 849 g/mol. The zero-order chi connectivity index (χ0) is 44.9. The first-order chi connectivity index (χ1) is 28.7. The smallest absolute Gasteiger partial charge is 0.408 e. The van der Waals surface area contributed by atoms with Crippen molar-refractivity contribution >= 4 is 29.6 Å². The fraction of sp³-hybridized carbons (Fsp3) is 0.609. The van der Waals surface area contributed by atoms with Crippen LogP contribution in [-0.4, -0.2) is 120 Å². The van der Waals surface area contributed by atoms with Crippen LogP contribution in [0.5, 0.6) is 0 Å². The van der Waals surface area contributed by atoms with Gasteiger partial charge in [-0.15, -0.1) is 0 Å². The number of alkyl halides is 1. The summed E-state index contributed by atoms with van der Waals surface area (Å²) >= 11 is 0. The van der Waals surface area contributed by atoms with Gasteiger partial charge in [-0.1, -0.05) is 63.8 Å². The van der Waals surface area contributed by atoms with Crippen molar-refractivity contribution in [3.63, 3.8) is 0 Å². The second kappa shape index (κ2) is 19.5. The topological polar surface area (TPSA) is 169 Å². The summed E-state index contributed by atoms with van der Waals surface area (Å²) in [6, 6.07) is 10.7. The van der Waals surface area contributed by atoms with E-state index in [-0.39, 0.29) is 30.8 Å². The van der Waals surface area contributed by atoms with E-state index in [9.17, 15) is 24.0 Å². The number of halogens is 1. The number of hydrogen-bond acceptors (Lipinski definition) is 13. The number of cyclic esters (lactones) is 1. The van der Waals surface area contributed by atoms with Crippen molar-refractivity contribution in [3.05, 3.63) is 66.0 Å². The lowest BCUT2D eigenvalue weighted by atomic mass is 9.73. The van der Waals surface area contributed by atoms with E-state index in [0.717, 1.165) is 12.5 Å². The Hall–Kier alpha value is -4.75. The molecule has 0 radical (unpaired) electrons. The van der Waals surface area contributed by atoms with Crippen LogP contribution in [0, 0.1) is 29.6 Å². The number of amides is 1. The van der Waals surface area contributed by atoms with Gasteiger partial charge in [0.15, 0.2) is 23.8 Å². The molecule has 1 N–H and O–H groups in total. The highest BCUT2D eigenvalue weighted by Gasteiger charge is 2.59. The molecule has 0 bridgehead atoms. The predicted molar refractivity (Wildman–Crippen MR) is 221 cm³/mol. The first-order valence-electron chi connectivity index (χ1n) is 20.9. The van der Waals surface area contributed by atoms with Crippen molar-refractivity contribution in [2.24, 2.45) is 17.8 Å². The molecule has 1 aromatic heterocycles. The molecule has 61 heavy (non-hydrogen) atoms. The number of benzene rings is 1. The Morgan fingerprint density at radius 2 is 1.70 bits per heavy atom. The summed E-state index contributed by atoms with van der Waals surface area (Å²) in [5.74, 6) is -0.770. The number of Topliss-reactive ketones (excluding diaryl/α,β-unsaturated/α-hetero) is 2. The summed E-state index contributed by atoms with van der Waals surface area (Å²) in [5.41, 5.74) is -5.31. The number of nitrogens with zero attached hydrogens (tertiary/aromatic N) is 2. The van der Waals surface area contributed by atoms with Gasteiger partial charge in [-0.25, -0.2) is 18.8 Å². The van der Waals surface area contributed by atoms with Gasteiger partial charge in [0.05, 0.1) is 35.5 Å². The van der Waals surface area contributed by atoms with Gasteiger partial charge >= 0.3 is 18.0 Å². The lowest BCUT2D eigenvalue weighted by molar-refractivity contribution is -0.296. The average molecular weight is 850 g/mol. The third-order valence-corrected chi connectivity index (χ3v) is 12.3. The number of pyridine rings is 1. The Balaban J connectivity index is 1.62. The summed E-state index contributed by atoms with van der Waals surface area (Å²) in [5, 5.41) is 2.71. The fourth-order valence-corrected chi connectivity index (χ4v) is 8.93. The highest BCUT2D eigenvalue weighted by atomic mass is 19.1. The molecule has 0 spiro atoms. The van der Waals surface area contributed by atoms with Crippen LogP contribution in [0.4, 0.5) is 9.18 Å². The van der Waals surface area contributed by atoms with Crippen LogP contribution >= 0.6 is 0 Å². The van der Waals surface area contributed by atoms with Crippen molar-refractivity contribution in [2.75, 3.05) is 20.7 Å². The minimum atomic E-state index is -3.25. The lowest BCUT2D eigenvalue weighted by Gasteiger charge is -2.48. The maximum atomic E-state index is 17.1. The first-order valence-corrected chi connectivity index (χ1v) is 20.9. The predicted octanol–water partition coefficient (Wildman–Crippen LogP) is 5.45. The maximum Gasteiger partial charge on any atom is 0.408 e. The molecule has 3 aliphatic heterocycles. The Morgan fingerprint density at radius 3 is 2.34 bits per heavy atom. The van der Waals surface area contributed by atoms with Gasteiger partial charge in [-0.3, -0.25) is 14.6 Å². The molecule has 5 rings (SSSR count). The number of ketones is 2. The Morgan fingerprint density at radius 1 is 1.00 bits per heavy atom. The number of carbonyl (C=O) groups is 5. The minimum Gasteiger partial charge on any atom is -0.455 e. The quantitative estimate of drug-likeness (QED) is 0.147. The van der Waals surface area contributed by atoms with Crippen LogP contribution in [0.3, 0.4) is 0 Å². The van der Waals surface area contributed by atoms with Gasteiger partial charge in [0, 0.05) is 36.6 Å². The summed E-state index contributed by atoms with van der Waals surface area (Å²) < 4.78 is 54.5. The molecule has 3 aliphatic rings. The highest BCUT2D eigenvalue weighted by Crippen LogP contribution is 2.41. The number of ether oxygens (including phenoxy) is 6. The van der Waals surface area contributed by atoms with Gasteiger partial charge in [0.1, 0.15) is 18.5 Å². The van der Waals surface area contributed by atoms with E-state index in [2.05, 4.69) is 22.1 Å². The van der Waals surface area contributed by atoms with E-state index < -0.39 is 101 Å². The van der Waals surface area contributed by atoms with Crippen molar-refractivity contribution in [1.82, 2.24) is 15.2 Å². The molecule has 1 amide bonds. The number of esters is 2. The molecule has 13 atom stereocenters. The second-order valence-corrected chi connectivity index (χ2v) is 17.3. The van der Waals surface area contributed by atoms with Crippen molar-refractivity contribution in [2.45, 2.75) is 141 Å². The van der Waals surface area contributed by atoms with Crippen LogP contribution in [0.15, 0.2) is 54.9 Å². The molecule has 1 aromatic carbocycles. The summed E-state index contributed by atoms with van der Waals surface area (Å²) in [4.78, 5) is 75.5.